The maximum atomic E-state index is 13.3. The second kappa shape index (κ2) is 7.94. The fourth-order valence-corrected chi connectivity index (χ4v) is 4.14. The molecule has 31 heavy (non-hydrogen) atoms. The molecule has 0 N–H and O–H groups in total. The zero-order chi connectivity index (χ0) is 22.3. The van der Waals surface area contributed by atoms with Gasteiger partial charge in [-0.15, -0.1) is 0 Å². The Kier molecular flexibility index (Phi) is 5.45. The molecule has 0 unspecified atom stereocenters. The third-order valence-corrected chi connectivity index (χ3v) is 5.73. The average Bonchev–Trinajstić information content (AvgIpc) is 3.03. The summed E-state index contributed by atoms with van der Waals surface area (Å²) in [7, 11) is 1.39. The molecule has 1 saturated heterocycles. The van der Waals surface area contributed by atoms with Crippen LogP contribution in [0.5, 0.6) is 0 Å². The molecule has 164 valence electrons. The van der Waals surface area contributed by atoms with Crippen LogP contribution in [0.2, 0.25) is 0 Å². The molecule has 0 saturated carbocycles. The minimum atomic E-state index is -4.38. The lowest BCUT2D eigenvalue weighted by molar-refractivity contribution is -0.146. The van der Waals surface area contributed by atoms with Gasteiger partial charge in [0.15, 0.2) is 0 Å². The molecule has 1 fully saturated rings. The predicted molar refractivity (Wildman–Crippen MR) is 115 cm³/mol. The van der Waals surface area contributed by atoms with Crippen molar-refractivity contribution in [1.82, 2.24) is 4.57 Å². The summed E-state index contributed by atoms with van der Waals surface area (Å²) in [4.78, 5) is 13.8. The Morgan fingerprint density at radius 1 is 1.13 bits per heavy atom. The predicted octanol–water partition coefficient (Wildman–Crippen LogP) is 5.46. The number of carbonyl (C=O) groups is 1. The largest absolute Gasteiger partial charge is 0.469 e. The van der Waals surface area contributed by atoms with Gasteiger partial charge in [-0.05, 0) is 54.3 Å². The number of methoxy groups -OCH3 is 1. The van der Waals surface area contributed by atoms with Gasteiger partial charge in [0.25, 0.3) is 0 Å². The highest BCUT2D eigenvalue weighted by molar-refractivity contribution is 5.87. The normalized spacial score (nSPS) is 14.9. The van der Waals surface area contributed by atoms with Gasteiger partial charge in [-0.1, -0.05) is 19.9 Å². The molecule has 1 aliphatic rings. The smallest absolute Gasteiger partial charge is 0.416 e. The molecule has 0 atom stereocenters. The second-order valence-corrected chi connectivity index (χ2v) is 8.50. The maximum Gasteiger partial charge on any atom is 0.416 e. The van der Waals surface area contributed by atoms with Crippen LogP contribution >= 0.6 is 0 Å². The number of hydrogen-bond acceptors (Lipinski definition) is 3. The van der Waals surface area contributed by atoms with Crippen LogP contribution in [0, 0.1) is 11.8 Å². The molecule has 4 nitrogen and oxygen atoms in total. The third-order valence-electron chi connectivity index (χ3n) is 5.73. The summed E-state index contributed by atoms with van der Waals surface area (Å²) in [6, 6.07) is 11.8. The van der Waals surface area contributed by atoms with Crippen LogP contribution < -0.4 is 4.90 Å². The van der Waals surface area contributed by atoms with Gasteiger partial charge >= 0.3 is 12.1 Å². The van der Waals surface area contributed by atoms with Gasteiger partial charge < -0.3 is 14.2 Å². The van der Waals surface area contributed by atoms with Crippen LogP contribution in [0.4, 0.5) is 18.9 Å². The standard InChI is InChI=1S/C24H25F3N2O2/c1-15(2)9-16-14-29(22-8-7-18(10-21(16)22)24(25,26)27)20-6-4-5-19(11-20)28-12-17(13-28)23(30)31-3/h4-8,10-11,14-15,17H,9,12-13H2,1-3H3. The fraction of sp³-hybridized carbons (Fsp3) is 0.375. The molecule has 3 aromatic rings. The zero-order valence-corrected chi connectivity index (χ0v) is 17.7. The van der Waals surface area contributed by atoms with E-state index < -0.39 is 11.7 Å². The van der Waals surface area contributed by atoms with E-state index in [0.717, 1.165) is 28.5 Å². The second-order valence-electron chi connectivity index (χ2n) is 8.50. The van der Waals surface area contributed by atoms with Crippen LogP contribution in [0.25, 0.3) is 16.6 Å². The Bertz CT molecular complexity index is 1110. The van der Waals surface area contributed by atoms with Crippen LogP contribution in [-0.4, -0.2) is 30.7 Å². The summed E-state index contributed by atoms with van der Waals surface area (Å²) < 4.78 is 46.6. The fourth-order valence-electron chi connectivity index (χ4n) is 4.14. The van der Waals surface area contributed by atoms with Gasteiger partial charge in [0, 0.05) is 36.0 Å². The van der Waals surface area contributed by atoms with E-state index in [1.165, 1.54) is 13.2 Å². The number of aromatic nitrogens is 1. The van der Waals surface area contributed by atoms with Crippen molar-refractivity contribution in [2.75, 3.05) is 25.1 Å². The number of benzene rings is 2. The van der Waals surface area contributed by atoms with Crippen molar-refractivity contribution in [1.29, 1.82) is 0 Å². The van der Waals surface area contributed by atoms with Crippen LogP contribution in [-0.2, 0) is 22.1 Å². The molecule has 0 radical (unpaired) electrons. The summed E-state index contributed by atoms with van der Waals surface area (Å²) in [5, 5.41) is 0.628. The first-order valence-corrected chi connectivity index (χ1v) is 10.3. The minimum Gasteiger partial charge on any atom is -0.469 e. The van der Waals surface area contributed by atoms with Gasteiger partial charge in [0.05, 0.1) is 24.1 Å². The van der Waals surface area contributed by atoms with Crippen molar-refractivity contribution in [3.8, 4) is 5.69 Å². The van der Waals surface area contributed by atoms with Crippen molar-refractivity contribution in [3.05, 3.63) is 59.8 Å². The van der Waals surface area contributed by atoms with Crippen molar-refractivity contribution in [3.63, 3.8) is 0 Å². The highest BCUT2D eigenvalue weighted by atomic mass is 19.4. The molecule has 1 aromatic heterocycles. The number of nitrogens with zero attached hydrogens (tertiary/aromatic N) is 2. The van der Waals surface area contributed by atoms with Crippen molar-refractivity contribution in [2.24, 2.45) is 11.8 Å². The number of hydrogen-bond donors (Lipinski definition) is 0. The molecular weight excluding hydrogens is 405 g/mol. The molecule has 2 heterocycles. The maximum absolute atomic E-state index is 13.3. The number of halogens is 3. The molecule has 1 aliphatic heterocycles. The Morgan fingerprint density at radius 3 is 2.48 bits per heavy atom. The number of anilines is 1. The monoisotopic (exact) mass is 430 g/mol. The van der Waals surface area contributed by atoms with Crippen LogP contribution in [0.1, 0.15) is 25.0 Å². The highest BCUT2D eigenvalue weighted by Gasteiger charge is 2.34. The lowest BCUT2D eigenvalue weighted by Crippen LogP contribution is -2.50. The van der Waals surface area contributed by atoms with E-state index in [4.69, 9.17) is 4.74 Å². The average molecular weight is 430 g/mol. The molecule has 0 bridgehead atoms. The first kappa shape index (κ1) is 21.3. The first-order valence-electron chi connectivity index (χ1n) is 10.3. The van der Waals surface area contributed by atoms with Crippen molar-refractivity contribution < 1.29 is 22.7 Å². The molecule has 4 rings (SSSR count). The molecule has 7 heteroatoms. The zero-order valence-electron chi connectivity index (χ0n) is 17.7. The van der Waals surface area contributed by atoms with E-state index in [2.05, 4.69) is 18.7 Å². The number of fused-ring (bicyclic) bond motifs is 1. The Balaban J connectivity index is 1.72. The van der Waals surface area contributed by atoms with E-state index in [-0.39, 0.29) is 11.9 Å². The molecular formula is C24H25F3N2O2. The number of rotatable bonds is 5. The summed E-state index contributed by atoms with van der Waals surface area (Å²) in [5.41, 5.74) is 2.86. The molecule has 0 aliphatic carbocycles. The van der Waals surface area contributed by atoms with Crippen molar-refractivity contribution >= 4 is 22.6 Å². The lowest BCUT2D eigenvalue weighted by atomic mass is 9.99. The summed E-state index contributed by atoms with van der Waals surface area (Å²) >= 11 is 0. The highest BCUT2D eigenvalue weighted by Crippen LogP contribution is 2.35. The number of ether oxygens (including phenoxy) is 1. The van der Waals surface area contributed by atoms with Crippen LogP contribution in [0.3, 0.4) is 0 Å². The van der Waals surface area contributed by atoms with Gasteiger partial charge in [-0.3, -0.25) is 4.79 Å². The van der Waals surface area contributed by atoms with Gasteiger partial charge in [0.2, 0.25) is 0 Å². The Labute approximate surface area is 179 Å². The lowest BCUT2D eigenvalue weighted by Gasteiger charge is -2.39. The van der Waals surface area contributed by atoms with E-state index in [1.807, 2.05) is 35.0 Å². The molecule has 0 spiro atoms. The van der Waals surface area contributed by atoms with Gasteiger partial charge in [-0.2, -0.15) is 13.2 Å². The molecule has 2 aromatic carbocycles. The Hall–Kier alpha value is -2.96. The van der Waals surface area contributed by atoms with E-state index in [0.29, 0.717) is 30.8 Å². The van der Waals surface area contributed by atoms with E-state index in [1.54, 1.807) is 6.07 Å². The van der Waals surface area contributed by atoms with Gasteiger partial charge in [0.1, 0.15) is 0 Å². The first-order chi connectivity index (χ1) is 14.7. The summed E-state index contributed by atoms with van der Waals surface area (Å²) in [5.74, 6) is -0.0154. The third kappa shape index (κ3) is 4.13. The van der Waals surface area contributed by atoms with E-state index in [9.17, 15) is 18.0 Å². The summed E-state index contributed by atoms with van der Waals surface area (Å²) in [6.45, 7) is 5.30. The van der Waals surface area contributed by atoms with Gasteiger partial charge in [-0.25, -0.2) is 0 Å². The van der Waals surface area contributed by atoms with Crippen molar-refractivity contribution in [2.45, 2.75) is 26.4 Å². The number of carbonyl (C=O) groups excluding carboxylic acids is 1. The molecule has 0 amide bonds. The van der Waals surface area contributed by atoms with E-state index >= 15 is 0 Å². The topological polar surface area (TPSA) is 34.5 Å². The number of alkyl halides is 3. The SMILES string of the molecule is COC(=O)C1CN(c2cccc(-n3cc(CC(C)C)c4cc(C(F)(F)F)ccc43)c2)C1. The van der Waals surface area contributed by atoms with Crippen LogP contribution in [0.15, 0.2) is 48.7 Å². The Morgan fingerprint density at radius 2 is 1.84 bits per heavy atom. The minimum absolute atomic E-state index is 0.125. The quantitative estimate of drug-likeness (QED) is 0.505. The summed E-state index contributed by atoms with van der Waals surface area (Å²) in [6.07, 6.45) is -1.74. The number of esters is 1.